The van der Waals surface area contributed by atoms with Crippen molar-refractivity contribution in [2.24, 2.45) is 0 Å². The highest BCUT2D eigenvalue weighted by Gasteiger charge is 2.41. The molecule has 1 aromatic rings. The zero-order valence-electron chi connectivity index (χ0n) is 8.37. The van der Waals surface area contributed by atoms with Gasteiger partial charge in [-0.15, -0.1) is 0 Å². The number of nitro benzene ring substituents is 1. The maximum absolute atomic E-state index is 12.6. The number of nitro groups is 1. The summed E-state index contributed by atoms with van der Waals surface area (Å²) in [7, 11) is 0. The fourth-order valence-corrected chi connectivity index (χ4v) is 1.40. The average Bonchev–Trinajstić information content (AvgIpc) is 2.14. The lowest BCUT2D eigenvalue weighted by Crippen LogP contribution is -2.25. The molecule has 92 valence electrons. The Bertz CT molecular complexity index is 496. The first-order chi connectivity index (χ1) is 7.66. The van der Waals surface area contributed by atoms with Crippen molar-refractivity contribution in [3.63, 3.8) is 0 Å². The van der Waals surface area contributed by atoms with Gasteiger partial charge in [-0.05, 0) is 18.6 Å². The monoisotopic (exact) mass is 248 g/mol. The van der Waals surface area contributed by atoms with E-state index in [2.05, 4.69) is 0 Å². The lowest BCUT2D eigenvalue weighted by molar-refractivity contribution is -0.389. The van der Waals surface area contributed by atoms with E-state index in [0.29, 0.717) is 0 Å². The van der Waals surface area contributed by atoms with Crippen LogP contribution in [0.1, 0.15) is 21.5 Å². The zero-order valence-corrected chi connectivity index (χ0v) is 8.37. The molecule has 1 rings (SSSR count). The third-order valence-corrected chi connectivity index (χ3v) is 2.07. The van der Waals surface area contributed by atoms with Crippen LogP contribution in [0.5, 0.6) is 0 Å². The van der Waals surface area contributed by atoms with Crippen LogP contribution in [0, 0.1) is 17.0 Å². The first-order valence-electron chi connectivity index (χ1n) is 4.22. The normalized spacial score (nSPS) is 11.3. The van der Waals surface area contributed by atoms with E-state index in [4.69, 9.17) is 0 Å². The lowest BCUT2D eigenvalue weighted by Gasteiger charge is -2.13. The molecule has 0 bridgehead atoms. The summed E-state index contributed by atoms with van der Waals surface area (Å²) in [6.07, 6.45) is -5.00. The molecule has 0 amide bonds. The molecule has 0 saturated carbocycles. The number of rotatable bonds is 2. The maximum Gasteiger partial charge on any atom is 0.423 e. The highest BCUT2D eigenvalue weighted by Crippen LogP contribution is 2.39. The Morgan fingerprint density at radius 1 is 1.35 bits per heavy atom. The van der Waals surface area contributed by atoms with E-state index in [9.17, 15) is 33.2 Å². The number of carboxylic acids is 1. The first kappa shape index (κ1) is 12.9. The summed E-state index contributed by atoms with van der Waals surface area (Å²) >= 11 is 0. The number of carbonyl (C=O) groups excluding carboxylic acids is 1. The molecule has 5 nitrogen and oxygen atoms in total. The average molecular weight is 248 g/mol. The molecule has 0 heterocycles. The smallest absolute Gasteiger partial charge is 0.423 e. The highest BCUT2D eigenvalue weighted by atomic mass is 19.4. The summed E-state index contributed by atoms with van der Waals surface area (Å²) in [5.74, 6) is -2.03. The van der Waals surface area contributed by atoms with Crippen molar-refractivity contribution in [3.8, 4) is 0 Å². The molecule has 0 atom stereocenters. The SMILES string of the molecule is Cc1ccc(C(=O)[O-])c([N+](=O)[O-])c1C(F)(F)F. The predicted octanol–water partition coefficient (Wildman–Crippen LogP) is 1.29. The third kappa shape index (κ3) is 2.35. The second-order valence-electron chi connectivity index (χ2n) is 3.20. The molecular formula is C9H5F3NO4-. The number of halogens is 3. The van der Waals surface area contributed by atoms with Crippen LogP contribution in [0.3, 0.4) is 0 Å². The van der Waals surface area contributed by atoms with Crippen LogP contribution < -0.4 is 5.11 Å². The number of aromatic carboxylic acids is 1. The zero-order chi connectivity index (χ0) is 13.4. The number of alkyl halides is 3. The van der Waals surface area contributed by atoms with Gasteiger partial charge in [-0.3, -0.25) is 10.1 Å². The van der Waals surface area contributed by atoms with Crippen LogP contribution >= 0.6 is 0 Å². The van der Waals surface area contributed by atoms with Crippen LogP contribution in [0.15, 0.2) is 12.1 Å². The minimum atomic E-state index is -5.00. The molecule has 17 heavy (non-hydrogen) atoms. The molecule has 1 aromatic carbocycles. The number of carbonyl (C=O) groups is 1. The Morgan fingerprint density at radius 2 is 1.88 bits per heavy atom. The van der Waals surface area contributed by atoms with E-state index in [1.165, 1.54) is 0 Å². The minimum Gasteiger partial charge on any atom is -0.545 e. The summed E-state index contributed by atoms with van der Waals surface area (Å²) in [5.41, 5.74) is -4.57. The van der Waals surface area contributed by atoms with E-state index in [1.807, 2.05) is 0 Å². The fraction of sp³-hybridized carbons (Fsp3) is 0.222. The molecular weight excluding hydrogens is 243 g/mol. The van der Waals surface area contributed by atoms with Crippen LogP contribution in [-0.2, 0) is 6.18 Å². The number of benzene rings is 1. The molecule has 0 saturated heterocycles. The molecule has 0 spiro atoms. The van der Waals surface area contributed by atoms with Gasteiger partial charge in [0.25, 0.3) is 5.69 Å². The third-order valence-electron chi connectivity index (χ3n) is 2.07. The van der Waals surface area contributed by atoms with Crippen molar-refractivity contribution in [2.45, 2.75) is 13.1 Å². The number of hydrogen-bond donors (Lipinski definition) is 0. The van der Waals surface area contributed by atoms with Crippen LogP contribution in [-0.4, -0.2) is 10.9 Å². The molecule has 0 aliphatic rings. The van der Waals surface area contributed by atoms with Crippen molar-refractivity contribution in [1.29, 1.82) is 0 Å². The Labute approximate surface area is 92.6 Å². The number of nitrogens with zero attached hydrogens (tertiary/aromatic N) is 1. The Morgan fingerprint density at radius 3 is 2.24 bits per heavy atom. The van der Waals surface area contributed by atoms with E-state index in [-0.39, 0.29) is 0 Å². The van der Waals surface area contributed by atoms with Crippen molar-refractivity contribution >= 4 is 11.7 Å². The lowest BCUT2D eigenvalue weighted by atomic mass is 10.0. The molecule has 0 unspecified atom stereocenters. The number of aryl methyl sites for hydroxylation is 1. The molecule has 0 N–H and O–H groups in total. The molecule has 0 aliphatic carbocycles. The largest absolute Gasteiger partial charge is 0.545 e. The van der Waals surface area contributed by atoms with Gasteiger partial charge in [0, 0.05) is 0 Å². The Hall–Kier alpha value is -2.12. The van der Waals surface area contributed by atoms with Gasteiger partial charge in [-0.2, -0.15) is 13.2 Å². The number of hydrogen-bond acceptors (Lipinski definition) is 4. The summed E-state index contributed by atoms with van der Waals surface area (Å²) in [6.45, 7) is 1.01. The standard InChI is InChI=1S/C9H6F3NO4/c1-4-2-3-5(8(14)15)7(13(16)17)6(4)9(10,11)12/h2-3H,1H3,(H,14,15)/p-1. The summed E-state index contributed by atoms with van der Waals surface area (Å²) in [4.78, 5) is 19.7. The van der Waals surface area contributed by atoms with Gasteiger partial charge in [0.2, 0.25) is 0 Å². The molecule has 0 radical (unpaired) electrons. The van der Waals surface area contributed by atoms with E-state index >= 15 is 0 Å². The second-order valence-corrected chi connectivity index (χ2v) is 3.20. The molecule has 0 fully saturated rings. The fourth-order valence-electron chi connectivity index (χ4n) is 1.40. The van der Waals surface area contributed by atoms with Gasteiger partial charge in [-0.25, -0.2) is 0 Å². The van der Waals surface area contributed by atoms with Crippen LogP contribution in [0.25, 0.3) is 0 Å². The first-order valence-corrected chi connectivity index (χ1v) is 4.22. The summed E-state index contributed by atoms with van der Waals surface area (Å²) < 4.78 is 37.8. The summed E-state index contributed by atoms with van der Waals surface area (Å²) in [5, 5.41) is 21.1. The molecule has 0 aliphatic heterocycles. The van der Waals surface area contributed by atoms with Gasteiger partial charge >= 0.3 is 6.18 Å². The molecule has 8 heteroatoms. The minimum absolute atomic E-state index is 0.422. The van der Waals surface area contributed by atoms with Gasteiger partial charge < -0.3 is 9.90 Å². The van der Waals surface area contributed by atoms with Crippen molar-refractivity contribution in [2.75, 3.05) is 0 Å². The predicted molar refractivity (Wildman–Crippen MR) is 47.2 cm³/mol. The van der Waals surface area contributed by atoms with Gasteiger partial charge in [0.05, 0.1) is 16.5 Å². The number of carboxylic acid groups (broad SMARTS) is 1. The van der Waals surface area contributed by atoms with E-state index in [0.717, 1.165) is 19.1 Å². The Kier molecular flexibility index (Phi) is 3.08. The Balaban J connectivity index is 3.73. The van der Waals surface area contributed by atoms with Crippen molar-refractivity contribution < 1.29 is 28.0 Å². The quantitative estimate of drug-likeness (QED) is 0.583. The van der Waals surface area contributed by atoms with Crippen molar-refractivity contribution in [1.82, 2.24) is 0 Å². The highest BCUT2D eigenvalue weighted by molar-refractivity contribution is 5.91. The van der Waals surface area contributed by atoms with Gasteiger partial charge in [0.1, 0.15) is 5.56 Å². The summed E-state index contributed by atoms with van der Waals surface area (Å²) in [6, 6.07) is 1.57. The molecule has 0 aromatic heterocycles. The van der Waals surface area contributed by atoms with Crippen molar-refractivity contribution in [3.05, 3.63) is 38.9 Å². The van der Waals surface area contributed by atoms with E-state index < -0.39 is 39.4 Å². The van der Waals surface area contributed by atoms with E-state index in [1.54, 1.807) is 0 Å². The van der Waals surface area contributed by atoms with Crippen LogP contribution in [0.2, 0.25) is 0 Å². The van der Waals surface area contributed by atoms with Gasteiger partial charge in [-0.1, -0.05) is 6.07 Å². The van der Waals surface area contributed by atoms with Gasteiger partial charge in [0.15, 0.2) is 0 Å². The maximum atomic E-state index is 12.6. The second kappa shape index (κ2) is 4.04. The topological polar surface area (TPSA) is 83.3 Å². The van der Waals surface area contributed by atoms with Crippen LogP contribution in [0.4, 0.5) is 18.9 Å².